The molecule has 1 radical (unpaired) electrons. The van der Waals surface area contributed by atoms with Crippen LogP contribution in [0.2, 0.25) is 0 Å². The van der Waals surface area contributed by atoms with E-state index in [1.54, 1.807) is 0 Å². The van der Waals surface area contributed by atoms with Gasteiger partial charge < -0.3 is 4.74 Å². The number of hydrogen-bond donors (Lipinski definition) is 0. The van der Waals surface area contributed by atoms with Crippen LogP contribution in [0.5, 0.6) is 0 Å². The van der Waals surface area contributed by atoms with E-state index in [0.29, 0.717) is 0 Å². The molecular weight excluding hydrogens is 476 g/mol. The van der Waals surface area contributed by atoms with Gasteiger partial charge in [-0.1, -0.05) is 200 Å². The average molecular weight is 552 g/mol. The van der Waals surface area contributed by atoms with E-state index in [9.17, 15) is 5.11 Å². The van der Waals surface area contributed by atoms with Crippen LogP contribution in [0.1, 0.15) is 219 Å². The van der Waals surface area contributed by atoms with Crippen LogP contribution in [-0.2, 0) is 9.84 Å². The standard InChI is InChI=1S/C37H75O2/c1-2-3-4-5-6-7-8-9-10-15-18-21-24-27-30-33-36-39-37-34-31-28-25-22-19-16-13-11-12-14-17-20-23-26-29-32-35-38/h2-37H2,1H3. The van der Waals surface area contributed by atoms with Gasteiger partial charge in [-0.2, -0.15) is 0 Å². The Bertz CT molecular complexity index is 361. The highest BCUT2D eigenvalue weighted by Crippen LogP contribution is 2.15. The molecule has 0 fully saturated rings. The predicted molar refractivity (Wildman–Crippen MR) is 174 cm³/mol. The molecule has 0 amide bonds. The van der Waals surface area contributed by atoms with Crippen molar-refractivity contribution in [1.82, 2.24) is 0 Å². The van der Waals surface area contributed by atoms with Gasteiger partial charge in [-0.15, -0.1) is 0 Å². The van der Waals surface area contributed by atoms with Crippen molar-refractivity contribution in [3.05, 3.63) is 0 Å². The van der Waals surface area contributed by atoms with E-state index in [1.807, 2.05) is 0 Å². The third-order valence-electron chi connectivity index (χ3n) is 8.58. The predicted octanol–water partition coefficient (Wildman–Crippen LogP) is 13.3. The van der Waals surface area contributed by atoms with E-state index >= 15 is 0 Å². The van der Waals surface area contributed by atoms with Crippen LogP contribution < -0.4 is 0 Å². The van der Waals surface area contributed by atoms with Crippen LogP contribution in [0, 0.1) is 0 Å². The molecule has 0 aromatic heterocycles. The lowest BCUT2D eigenvalue weighted by molar-refractivity contribution is 0.125. The van der Waals surface area contributed by atoms with Gasteiger partial charge in [0.2, 0.25) is 0 Å². The molecule has 0 saturated heterocycles. The molecule has 0 spiro atoms. The Balaban J connectivity index is 3.01. The van der Waals surface area contributed by atoms with Crippen molar-refractivity contribution in [2.24, 2.45) is 0 Å². The first-order chi connectivity index (χ1) is 19.4. The van der Waals surface area contributed by atoms with Gasteiger partial charge in [-0.25, -0.2) is 5.11 Å². The van der Waals surface area contributed by atoms with Crippen molar-refractivity contribution in [2.75, 3.05) is 19.8 Å². The van der Waals surface area contributed by atoms with Crippen molar-refractivity contribution in [1.29, 1.82) is 0 Å². The Morgan fingerprint density at radius 2 is 0.487 bits per heavy atom. The molecule has 0 aromatic rings. The minimum absolute atomic E-state index is 0.120. The lowest BCUT2D eigenvalue weighted by Gasteiger charge is -2.06. The fourth-order valence-corrected chi connectivity index (χ4v) is 5.81. The van der Waals surface area contributed by atoms with E-state index in [1.165, 1.54) is 199 Å². The highest BCUT2D eigenvalue weighted by molar-refractivity contribution is 4.52. The average Bonchev–Trinajstić information content (AvgIpc) is 2.95. The van der Waals surface area contributed by atoms with Gasteiger partial charge in [0.1, 0.15) is 0 Å². The summed E-state index contributed by atoms with van der Waals surface area (Å²) in [5, 5.41) is 10.4. The van der Waals surface area contributed by atoms with Crippen molar-refractivity contribution < 1.29 is 9.84 Å². The Morgan fingerprint density at radius 1 is 0.282 bits per heavy atom. The van der Waals surface area contributed by atoms with Gasteiger partial charge in [0.25, 0.3) is 0 Å². The van der Waals surface area contributed by atoms with Crippen molar-refractivity contribution in [2.45, 2.75) is 219 Å². The fourth-order valence-electron chi connectivity index (χ4n) is 5.81. The minimum atomic E-state index is 0.120. The van der Waals surface area contributed by atoms with Gasteiger partial charge in [-0.05, 0) is 19.3 Å². The Kier molecular flexibility index (Phi) is 37.8. The second kappa shape index (κ2) is 37.9. The molecule has 39 heavy (non-hydrogen) atoms. The quantitative estimate of drug-likeness (QED) is 0.0712. The highest BCUT2D eigenvalue weighted by atomic mass is 16.5. The Morgan fingerprint density at radius 3 is 0.718 bits per heavy atom. The fraction of sp³-hybridized carbons (Fsp3) is 1.00. The molecule has 0 saturated carbocycles. The van der Waals surface area contributed by atoms with Crippen LogP contribution in [-0.4, -0.2) is 19.8 Å². The van der Waals surface area contributed by atoms with E-state index in [0.717, 1.165) is 26.1 Å². The third kappa shape index (κ3) is 37.9. The van der Waals surface area contributed by atoms with E-state index < -0.39 is 0 Å². The van der Waals surface area contributed by atoms with Crippen LogP contribution in [0.3, 0.4) is 0 Å². The van der Waals surface area contributed by atoms with Crippen LogP contribution >= 0.6 is 0 Å². The molecule has 2 nitrogen and oxygen atoms in total. The summed E-state index contributed by atoms with van der Waals surface area (Å²) in [5.41, 5.74) is 0. The molecule has 0 N–H and O–H groups in total. The Hall–Kier alpha value is -0.0800. The van der Waals surface area contributed by atoms with E-state index in [-0.39, 0.29) is 6.61 Å². The molecule has 0 unspecified atom stereocenters. The number of unbranched alkanes of at least 4 members (excludes halogenated alkanes) is 31. The van der Waals surface area contributed by atoms with E-state index in [4.69, 9.17) is 4.74 Å². The first kappa shape index (κ1) is 38.9. The Labute approximate surface area is 248 Å². The molecule has 0 bridgehead atoms. The zero-order valence-corrected chi connectivity index (χ0v) is 27.3. The second-order valence-electron chi connectivity index (χ2n) is 12.6. The summed E-state index contributed by atoms with van der Waals surface area (Å²) >= 11 is 0. The second-order valence-corrected chi connectivity index (χ2v) is 12.6. The molecule has 0 rings (SSSR count). The van der Waals surface area contributed by atoms with E-state index in [2.05, 4.69) is 6.92 Å². The normalized spacial score (nSPS) is 11.5. The van der Waals surface area contributed by atoms with Crippen LogP contribution in [0.15, 0.2) is 0 Å². The van der Waals surface area contributed by atoms with Crippen LogP contribution in [0.25, 0.3) is 0 Å². The summed E-state index contributed by atoms with van der Waals surface area (Å²) in [6, 6.07) is 0. The maximum absolute atomic E-state index is 10.4. The summed E-state index contributed by atoms with van der Waals surface area (Å²) in [5.74, 6) is 0. The van der Waals surface area contributed by atoms with Gasteiger partial charge in [0, 0.05) is 13.2 Å². The molecule has 0 aromatic carbocycles. The molecule has 2 heteroatoms. The molecular formula is C37H75O2. The van der Waals surface area contributed by atoms with Gasteiger partial charge in [0.05, 0.1) is 6.61 Å². The number of hydrogen-bond acceptors (Lipinski definition) is 1. The summed E-state index contributed by atoms with van der Waals surface area (Å²) in [6.45, 7) is 4.39. The summed E-state index contributed by atoms with van der Waals surface area (Å²) in [7, 11) is 0. The zero-order valence-electron chi connectivity index (χ0n) is 27.3. The maximum atomic E-state index is 10.4. The maximum Gasteiger partial charge on any atom is 0.0822 e. The number of ether oxygens (including phenoxy) is 1. The minimum Gasteiger partial charge on any atom is -0.381 e. The topological polar surface area (TPSA) is 29.1 Å². The lowest BCUT2D eigenvalue weighted by atomic mass is 10.0. The van der Waals surface area contributed by atoms with Gasteiger partial charge in [-0.3, -0.25) is 0 Å². The molecule has 0 aliphatic carbocycles. The molecule has 0 atom stereocenters. The monoisotopic (exact) mass is 552 g/mol. The lowest BCUT2D eigenvalue weighted by Crippen LogP contribution is -1.97. The molecule has 0 aliphatic heterocycles. The zero-order chi connectivity index (χ0) is 28.2. The first-order valence-corrected chi connectivity index (χ1v) is 18.6. The first-order valence-electron chi connectivity index (χ1n) is 18.6. The third-order valence-corrected chi connectivity index (χ3v) is 8.58. The SMILES string of the molecule is CCCCCCCCCCCCCCCCCCOCCCCCCCCCCCCCCCCCCC[O]. The van der Waals surface area contributed by atoms with Crippen molar-refractivity contribution in [3.63, 3.8) is 0 Å². The molecule has 0 heterocycles. The van der Waals surface area contributed by atoms with Crippen molar-refractivity contribution in [3.8, 4) is 0 Å². The largest absolute Gasteiger partial charge is 0.381 e. The van der Waals surface area contributed by atoms with Crippen LogP contribution in [0.4, 0.5) is 0 Å². The van der Waals surface area contributed by atoms with Crippen molar-refractivity contribution >= 4 is 0 Å². The number of rotatable bonds is 36. The molecule has 235 valence electrons. The summed E-state index contributed by atoms with van der Waals surface area (Å²) in [6.07, 6.45) is 45.8. The molecule has 0 aliphatic rings. The highest BCUT2D eigenvalue weighted by Gasteiger charge is 1.97. The smallest absolute Gasteiger partial charge is 0.0822 e. The van der Waals surface area contributed by atoms with Gasteiger partial charge in [0.15, 0.2) is 0 Å². The van der Waals surface area contributed by atoms with Gasteiger partial charge >= 0.3 is 0 Å². The summed E-state index contributed by atoms with van der Waals surface area (Å²) in [4.78, 5) is 0. The summed E-state index contributed by atoms with van der Waals surface area (Å²) < 4.78 is 5.87.